The maximum Gasteiger partial charge on any atom is 0.237 e. The lowest BCUT2D eigenvalue weighted by Crippen LogP contribution is -2.52. The first kappa shape index (κ1) is 16.5. The third-order valence-corrected chi connectivity index (χ3v) is 3.60. The first-order valence-corrected chi connectivity index (χ1v) is 6.86. The summed E-state index contributed by atoms with van der Waals surface area (Å²) in [6.45, 7) is 3.88. The number of carbonyl (C=O) groups excluding carboxylic acids is 1. The first-order chi connectivity index (χ1) is 9.40. The van der Waals surface area contributed by atoms with Crippen molar-refractivity contribution in [3.8, 4) is 5.75 Å². The number of aromatic hydroxyl groups is 1. The van der Waals surface area contributed by atoms with Crippen molar-refractivity contribution in [1.82, 2.24) is 5.32 Å². The largest absolute Gasteiger partial charge is 0.508 e. The van der Waals surface area contributed by atoms with Crippen molar-refractivity contribution in [1.29, 1.82) is 0 Å². The van der Waals surface area contributed by atoms with Gasteiger partial charge < -0.3 is 21.3 Å². The second-order valence-corrected chi connectivity index (χ2v) is 5.35. The number of aliphatic hydroxyl groups is 1. The number of hydrogen-bond donors (Lipinski definition) is 4. The van der Waals surface area contributed by atoms with E-state index in [-0.39, 0.29) is 18.3 Å². The van der Waals surface area contributed by atoms with E-state index in [1.807, 2.05) is 13.8 Å². The molecule has 0 aliphatic carbocycles. The second-order valence-electron chi connectivity index (χ2n) is 5.35. The van der Waals surface area contributed by atoms with Gasteiger partial charge in [0.05, 0.1) is 6.04 Å². The van der Waals surface area contributed by atoms with Crippen LogP contribution in [0.2, 0.25) is 0 Å². The van der Waals surface area contributed by atoms with E-state index >= 15 is 0 Å². The molecule has 1 aromatic carbocycles. The minimum atomic E-state index is -0.649. The summed E-state index contributed by atoms with van der Waals surface area (Å²) in [5.74, 6) is -0.0378. The van der Waals surface area contributed by atoms with Crippen LogP contribution in [0.5, 0.6) is 5.75 Å². The summed E-state index contributed by atoms with van der Waals surface area (Å²) in [5.41, 5.74) is 6.37. The fraction of sp³-hybridized carbons (Fsp3) is 0.533. The minimum Gasteiger partial charge on any atom is -0.508 e. The summed E-state index contributed by atoms with van der Waals surface area (Å²) in [7, 11) is 0. The molecule has 1 amide bonds. The van der Waals surface area contributed by atoms with Gasteiger partial charge in [0.25, 0.3) is 0 Å². The van der Waals surface area contributed by atoms with Gasteiger partial charge in [0.2, 0.25) is 5.91 Å². The summed E-state index contributed by atoms with van der Waals surface area (Å²) < 4.78 is 0. The topological polar surface area (TPSA) is 95.6 Å². The summed E-state index contributed by atoms with van der Waals surface area (Å²) in [6.07, 6.45) is 1.64. The molecular weight excluding hydrogens is 256 g/mol. The van der Waals surface area contributed by atoms with E-state index in [0.717, 1.165) is 12.0 Å². The Hall–Kier alpha value is -1.59. The molecule has 1 rings (SSSR count). The highest BCUT2D eigenvalue weighted by Gasteiger charge is 2.26. The third-order valence-electron chi connectivity index (χ3n) is 3.60. The van der Waals surface area contributed by atoms with Crippen LogP contribution in [0.1, 0.15) is 32.3 Å². The van der Waals surface area contributed by atoms with Crippen molar-refractivity contribution in [2.24, 2.45) is 5.73 Å². The molecule has 5 nitrogen and oxygen atoms in total. The van der Waals surface area contributed by atoms with Crippen LogP contribution in [0, 0.1) is 0 Å². The van der Waals surface area contributed by atoms with Crippen molar-refractivity contribution in [3.63, 3.8) is 0 Å². The molecule has 0 saturated heterocycles. The summed E-state index contributed by atoms with van der Waals surface area (Å²) >= 11 is 0. The standard InChI is InChI=1S/C15H24N2O3/c1-3-15(2,8-9-18)17-14(20)13(16)10-11-4-6-12(19)7-5-11/h4-7,13,18-19H,3,8-10,16H2,1-2H3,(H,17,20)/t13-,15?/m1/s1. The van der Waals surface area contributed by atoms with Crippen LogP contribution in [0.25, 0.3) is 0 Å². The Morgan fingerprint density at radius 1 is 1.40 bits per heavy atom. The highest BCUT2D eigenvalue weighted by Crippen LogP contribution is 2.15. The van der Waals surface area contributed by atoms with Crippen LogP contribution >= 0.6 is 0 Å². The average molecular weight is 280 g/mol. The number of hydrogen-bond acceptors (Lipinski definition) is 4. The van der Waals surface area contributed by atoms with E-state index in [2.05, 4.69) is 5.32 Å². The maximum absolute atomic E-state index is 12.1. The molecule has 112 valence electrons. The van der Waals surface area contributed by atoms with Gasteiger partial charge in [0.1, 0.15) is 5.75 Å². The van der Waals surface area contributed by atoms with Gasteiger partial charge in [-0.15, -0.1) is 0 Å². The molecule has 2 atom stereocenters. The molecule has 5 N–H and O–H groups in total. The fourth-order valence-corrected chi connectivity index (χ4v) is 1.94. The van der Waals surface area contributed by atoms with Crippen molar-refractivity contribution >= 4 is 5.91 Å². The molecule has 0 fully saturated rings. The molecule has 0 heterocycles. The van der Waals surface area contributed by atoms with Gasteiger partial charge in [-0.25, -0.2) is 0 Å². The molecule has 0 saturated carbocycles. The lowest BCUT2D eigenvalue weighted by molar-refractivity contribution is -0.124. The molecule has 20 heavy (non-hydrogen) atoms. The van der Waals surface area contributed by atoms with E-state index < -0.39 is 11.6 Å². The number of rotatable bonds is 7. The predicted octanol–water partition coefficient (Wildman–Crippen LogP) is 0.929. The first-order valence-electron chi connectivity index (χ1n) is 6.86. The normalized spacial score (nSPS) is 15.4. The Balaban J connectivity index is 2.60. The summed E-state index contributed by atoms with van der Waals surface area (Å²) in [4.78, 5) is 12.1. The number of benzene rings is 1. The molecule has 0 aliphatic rings. The summed E-state index contributed by atoms with van der Waals surface area (Å²) in [5, 5.41) is 21.2. The Kier molecular flexibility index (Phi) is 5.98. The molecule has 0 aliphatic heterocycles. The van der Waals surface area contributed by atoms with Gasteiger partial charge in [-0.2, -0.15) is 0 Å². The lowest BCUT2D eigenvalue weighted by Gasteiger charge is -2.30. The Bertz CT molecular complexity index is 433. The molecule has 1 aromatic rings. The number of carbonyl (C=O) groups is 1. The zero-order valence-electron chi connectivity index (χ0n) is 12.1. The van der Waals surface area contributed by atoms with Crippen LogP contribution in [-0.2, 0) is 11.2 Å². The van der Waals surface area contributed by atoms with Gasteiger partial charge in [0.15, 0.2) is 0 Å². The van der Waals surface area contributed by atoms with E-state index in [4.69, 9.17) is 10.8 Å². The van der Waals surface area contributed by atoms with Crippen LogP contribution < -0.4 is 11.1 Å². The maximum atomic E-state index is 12.1. The highest BCUT2D eigenvalue weighted by atomic mass is 16.3. The highest BCUT2D eigenvalue weighted by molar-refractivity contribution is 5.82. The number of nitrogens with one attached hydrogen (secondary N) is 1. The number of nitrogens with two attached hydrogens (primary N) is 1. The van der Waals surface area contributed by atoms with Crippen LogP contribution in [0.3, 0.4) is 0 Å². The quantitative estimate of drug-likeness (QED) is 0.597. The lowest BCUT2D eigenvalue weighted by atomic mass is 9.94. The van der Waals surface area contributed by atoms with E-state index in [1.165, 1.54) is 0 Å². The molecule has 0 spiro atoms. The van der Waals surface area contributed by atoms with E-state index in [0.29, 0.717) is 12.8 Å². The molecule has 1 unspecified atom stereocenters. The van der Waals surface area contributed by atoms with Crippen molar-refractivity contribution in [2.75, 3.05) is 6.61 Å². The Morgan fingerprint density at radius 3 is 2.50 bits per heavy atom. The van der Waals surface area contributed by atoms with E-state index in [1.54, 1.807) is 24.3 Å². The molecule has 0 radical (unpaired) electrons. The molecule has 5 heteroatoms. The smallest absolute Gasteiger partial charge is 0.237 e. The number of phenolic OH excluding ortho intramolecular Hbond substituents is 1. The van der Waals surface area contributed by atoms with Crippen molar-refractivity contribution in [3.05, 3.63) is 29.8 Å². The van der Waals surface area contributed by atoms with Gasteiger partial charge in [0, 0.05) is 12.1 Å². The molecule has 0 bridgehead atoms. The number of phenols is 1. The predicted molar refractivity (Wildman–Crippen MR) is 78.3 cm³/mol. The average Bonchev–Trinajstić information content (AvgIpc) is 2.41. The minimum absolute atomic E-state index is 0.0256. The van der Waals surface area contributed by atoms with Gasteiger partial charge in [-0.05, 0) is 43.9 Å². The van der Waals surface area contributed by atoms with Crippen molar-refractivity contribution < 1.29 is 15.0 Å². The zero-order chi connectivity index (χ0) is 15.2. The van der Waals surface area contributed by atoms with Gasteiger partial charge >= 0.3 is 0 Å². The van der Waals surface area contributed by atoms with Crippen LogP contribution in [0.15, 0.2) is 24.3 Å². The SMILES string of the molecule is CCC(C)(CCO)NC(=O)[C@H](N)Cc1ccc(O)cc1. The summed E-state index contributed by atoms with van der Waals surface area (Å²) in [6, 6.07) is 5.98. The van der Waals surface area contributed by atoms with Gasteiger partial charge in [-0.1, -0.05) is 19.1 Å². The number of aliphatic hydroxyl groups excluding tert-OH is 1. The fourth-order valence-electron chi connectivity index (χ4n) is 1.94. The second kappa shape index (κ2) is 7.26. The zero-order valence-corrected chi connectivity index (χ0v) is 12.1. The number of amides is 1. The van der Waals surface area contributed by atoms with Crippen LogP contribution in [-0.4, -0.2) is 34.3 Å². The van der Waals surface area contributed by atoms with Crippen LogP contribution in [0.4, 0.5) is 0 Å². The molecular formula is C15H24N2O3. The molecule has 0 aromatic heterocycles. The Morgan fingerprint density at radius 2 is 2.00 bits per heavy atom. The van der Waals surface area contributed by atoms with Crippen molar-refractivity contribution in [2.45, 2.75) is 44.7 Å². The monoisotopic (exact) mass is 280 g/mol. The van der Waals surface area contributed by atoms with Gasteiger partial charge in [-0.3, -0.25) is 4.79 Å². The Labute approximate surface area is 119 Å². The third kappa shape index (κ3) is 4.83. The van der Waals surface area contributed by atoms with E-state index in [9.17, 15) is 9.90 Å².